The molecule has 4 heteroatoms. The summed E-state index contributed by atoms with van der Waals surface area (Å²) in [5, 5.41) is 2.75. The van der Waals surface area contributed by atoms with E-state index in [9.17, 15) is 4.79 Å². The lowest BCUT2D eigenvalue weighted by atomic mass is 9.96. The van der Waals surface area contributed by atoms with Crippen LogP contribution in [0.3, 0.4) is 0 Å². The molecule has 15 heavy (non-hydrogen) atoms. The number of carbonyl (C=O) groups is 1. The maximum Gasteiger partial charge on any atom is 0.133 e. The van der Waals surface area contributed by atoms with Gasteiger partial charge in [0, 0.05) is 17.7 Å². The molecule has 1 fully saturated rings. The molecule has 0 atom stereocenters. The molecule has 82 valence electrons. The number of halogens is 1. The summed E-state index contributed by atoms with van der Waals surface area (Å²) in [7, 11) is 0. The molecule has 0 aliphatic heterocycles. The number of hydrogen-bond acceptors (Lipinski definition) is 3. The van der Waals surface area contributed by atoms with Crippen LogP contribution in [0.4, 0.5) is 0 Å². The van der Waals surface area contributed by atoms with Gasteiger partial charge in [0.25, 0.3) is 0 Å². The summed E-state index contributed by atoms with van der Waals surface area (Å²) < 4.78 is 5.73. The predicted molar refractivity (Wildman–Crippen MR) is 61.4 cm³/mol. The third kappa shape index (κ3) is 3.03. The van der Waals surface area contributed by atoms with Gasteiger partial charge in [-0.2, -0.15) is 0 Å². The number of hydrogen-bond donors (Lipinski definition) is 0. The summed E-state index contributed by atoms with van der Waals surface area (Å²) in [4.78, 5) is 12.1. The molecule has 0 N–H and O–H groups in total. The molecule has 1 aromatic rings. The molecule has 1 saturated carbocycles. The van der Waals surface area contributed by atoms with Gasteiger partial charge in [-0.15, -0.1) is 11.3 Å². The second kappa shape index (κ2) is 5.10. The van der Waals surface area contributed by atoms with Crippen molar-refractivity contribution in [3.8, 4) is 0 Å². The third-order valence-electron chi connectivity index (χ3n) is 2.63. The summed E-state index contributed by atoms with van der Waals surface area (Å²) in [6, 6.07) is 1.88. The lowest BCUT2D eigenvalue weighted by molar-refractivity contribution is -0.123. The fraction of sp³-hybridized carbons (Fsp3) is 0.545. The van der Waals surface area contributed by atoms with E-state index in [0.29, 0.717) is 25.2 Å². The zero-order chi connectivity index (χ0) is 10.7. The Morgan fingerprint density at radius 3 is 2.80 bits per heavy atom. The molecule has 1 heterocycles. The van der Waals surface area contributed by atoms with Gasteiger partial charge in [-0.3, -0.25) is 4.79 Å². The highest BCUT2D eigenvalue weighted by Gasteiger charge is 2.19. The van der Waals surface area contributed by atoms with Crippen molar-refractivity contribution in [1.29, 1.82) is 0 Å². The standard InChI is InChI=1S/C11H13ClO2S/c12-10-5-6-15-11(10)7-14-9-3-1-8(13)2-4-9/h5-6,9H,1-4,7H2. The predicted octanol–water partition coefficient (Wildman–Crippen LogP) is 3.43. The first-order valence-corrected chi connectivity index (χ1v) is 6.36. The zero-order valence-corrected chi connectivity index (χ0v) is 9.94. The highest BCUT2D eigenvalue weighted by atomic mass is 35.5. The summed E-state index contributed by atoms with van der Waals surface area (Å²) in [6.45, 7) is 0.579. The van der Waals surface area contributed by atoms with Crippen molar-refractivity contribution in [2.45, 2.75) is 38.4 Å². The number of Topliss-reactive ketones (excluding diaryl/α,β-unsaturated/α-hetero) is 1. The van der Waals surface area contributed by atoms with Crippen LogP contribution in [0.1, 0.15) is 30.6 Å². The second-order valence-electron chi connectivity index (χ2n) is 3.74. The van der Waals surface area contributed by atoms with E-state index in [1.54, 1.807) is 11.3 Å². The van der Waals surface area contributed by atoms with Crippen LogP contribution in [0.15, 0.2) is 11.4 Å². The van der Waals surface area contributed by atoms with Crippen LogP contribution in [-0.2, 0) is 16.1 Å². The molecule has 1 aromatic heterocycles. The average molecular weight is 245 g/mol. The maximum absolute atomic E-state index is 11.0. The van der Waals surface area contributed by atoms with Gasteiger partial charge in [0.1, 0.15) is 5.78 Å². The first-order chi connectivity index (χ1) is 7.25. The minimum atomic E-state index is 0.237. The van der Waals surface area contributed by atoms with Crippen molar-refractivity contribution in [2.75, 3.05) is 0 Å². The summed E-state index contributed by atoms with van der Waals surface area (Å²) >= 11 is 7.57. The van der Waals surface area contributed by atoms with Crippen LogP contribution in [0.5, 0.6) is 0 Å². The van der Waals surface area contributed by atoms with Crippen molar-refractivity contribution in [3.63, 3.8) is 0 Å². The Hall–Kier alpha value is -0.380. The third-order valence-corrected chi connectivity index (χ3v) is 3.99. The van der Waals surface area contributed by atoms with E-state index in [4.69, 9.17) is 16.3 Å². The van der Waals surface area contributed by atoms with Gasteiger partial charge in [-0.1, -0.05) is 11.6 Å². The zero-order valence-electron chi connectivity index (χ0n) is 8.37. The molecule has 2 rings (SSSR count). The summed E-state index contributed by atoms with van der Waals surface area (Å²) in [6.07, 6.45) is 3.30. The average Bonchev–Trinajstić information content (AvgIpc) is 2.63. The molecule has 2 nitrogen and oxygen atoms in total. The number of carbonyl (C=O) groups excluding carboxylic acids is 1. The molecule has 1 aliphatic rings. The molecule has 0 radical (unpaired) electrons. The summed E-state index contributed by atoms with van der Waals surface area (Å²) in [5.74, 6) is 0.365. The van der Waals surface area contributed by atoms with Crippen molar-refractivity contribution in [2.24, 2.45) is 0 Å². The number of ketones is 1. The SMILES string of the molecule is O=C1CCC(OCc2sccc2Cl)CC1. The quantitative estimate of drug-likeness (QED) is 0.814. The Balaban J connectivity index is 1.79. The lowest BCUT2D eigenvalue weighted by Gasteiger charge is -2.21. The minimum Gasteiger partial charge on any atom is -0.373 e. The van der Waals surface area contributed by atoms with Gasteiger partial charge in [0.05, 0.1) is 17.7 Å². The lowest BCUT2D eigenvalue weighted by Crippen LogP contribution is -2.21. The van der Waals surface area contributed by atoms with Crippen LogP contribution >= 0.6 is 22.9 Å². The van der Waals surface area contributed by atoms with Crippen LogP contribution in [-0.4, -0.2) is 11.9 Å². The number of thiophene rings is 1. The van der Waals surface area contributed by atoms with Crippen LogP contribution < -0.4 is 0 Å². The van der Waals surface area contributed by atoms with Crippen molar-refractivity contribution < 1.29 is 9.53 Å². The Morgan fingerprint density at radius 2 is 2.20 bits per heavy atom. The molecular formula is C11H13ClO2S. The molecule has 0 saturated heterocycles. The first-order valence-electron chi connectivity index (χ1n) is 5.11. The minimum absolute atomic E-state index is 0.237. The first kappa shape index (κ1) is 11.1. The van der Waals surface area contributed by atoms with Gasteiger partial charge < -0.3 is 4.74 Å². The molecule has 0 unspecified atom stereocenters. The summed E-state index contributed by atoms with van der Waals surface area (Å²) in [5.41, 5.74) is 0. The largest absolute Gasteiger partial charge is 0.373 e. The number of rotatable bonds is 3. The van der Waals surface area contributed by atoms with Crippen LogP contribution in [0.2, 0.25) is 5.02 Å². The van der Waals surface area contributed by atoms with Crippen LogP contribution in [0.25, 0.3) is 0 Å². The Morgan fingerprint density at radius 1 is 1.47 bits per heavy atom. The van der Waals surface area contributed by atoms with Crippen molar-refractivity contribution >= 4 is 28.7 Å². The van der Waals surface area contributed by atoms with Gasteiger partial charge >= 0.3 is 0 Å². The van der Waals surface area contributed by atoms with Gasteiger partial charge in [0.15, 0.2) is 0 Å². The fourth-order valence-electron chi connectivity index (χ4n) is 1.70. The molecule has 0 amide bonds. The highest BCUT2D eigenvalue weighted by molar-refractivity contribution is 7.10. The van der Waals surface area contributed by atoms with E-state index >= 15 is 0 Å². The molecule has 0 aromatic carbocycles. The Labute approximate surface area is 98.2 Å². The molecule has 0 spiro atoms. The highest BCUT2D eigenvalue weighted by Crippen LogP contribution is 2.25. The van der Waals surface area contributed by atoms with E-state index in [1.807, 2.05) is 11.4 Å². The van der Waals surface area contributed by atoms with E-state index in [2.05, 4.69) is 0 Å². The monoisotopic (exact) mass is 244 g/mol. The van der Waals surface area contributed by atoms with Crippen molar-refractivity contribution in [1.82, 2.24) is 0 Å². The molecule has 0 bridgehead atoms. The Bertz CT molecular complexity index is 338. The van der Waals surface area contributed by atoms with Gasteiger partial charge in [0.2, 0.25) is 0 Å². The second-order valence-corrected chi connectivity index (χ2v) is 5.15. The van der Waals surface area contributed by atoms with Gasteiger partial charge in [-0.05, 0) is 24.3 Å². The fourth-order valence-corrected chi connectivity index (χ4v) is 2.71. The van der Waals surface area contributed by atoms with E-state index < -0.39 is 0 Å². The normalized spacial score (nSPS) is 18.3. The van der Waals surface area contributed by atoms with Crippen molar-refractivity contribution in [3.05, 3.63) is 21.3 Å². The van der Waals surface area contributed by atoms with Crippen LogP contribution in [0, 0.1) is 0 Å². The Kier molecular flexibility index (Phi) is 3.78. The van der Waals surface area contributed by atoms with Gasteiger partial charge in [-0.25, -0.2) is 0 Å². The topological polar surface area (TPSA) is 26.3 Å². The maximum atomic E-state index is 11.0. The smallest absolute Gasteiger partial charge is 0.133 e. The molecule has 1 aliphatic carbocycles. The number of ether oxygens (including phenoxy) is 1. The molecular weight excluding hydrogens is 232 g/mol. The van der Waals surface area contributed by atoms with E-state index in [0.717, 1.165) is 22.7 Å². The van der Waals surface area contributed by atoms with E-state index in [-0.39, 0.29) is 6.10 Å². The van der Waals surface area contributed by atoms with E-state index in [1.165, 1.54) is 0 Å².